The Hall–Kier alpha value is -2.22. The minimum Gasteiger partial charge on any atom is -0.480 e. The lowest BCUT2D eigenvalue weighted by Gasteiger charge is -2.28. The van der Waals surface area contributed by atoms with Crippen LogP contribution in [0.3, 0.4) is 0 Å². The van der Waals surface area contributed by atoms with Gasteiger partial charge in [0.1, 0.15) is 11.8 Å². The molecule has 0 bridgehead atoms. The molecule has 1 aliphatic rings. The molecule has 1 aliphatic heterocycles. The Balaban J connectivity index is 1.91. The molecule has 1 fully saturated rings. The fourth-order valence-electron chi connectivity index (χ4n) is 2.61. The van der Waals surface area contributed by atoms with Crippen LogP contribution in [0.1, 0.15) is 18.4 Å². The Kier molecular flexibility index (Phi) is 6.48. The lowest BCUT2D eigenvalue weighted by molar-refractivity contribution is -0.145. The van der Waals surface area contributed by atoms with Crippen LogP contribution in [-0.4, -0.2) is 42.9 Å². The number of alkyl halides is 2. The highest BCUT2D eigenvalue weighted by Gasteiger charge is 2.31. The molecule has 2 unspecified atom stereocenters. The zero-order chi connectivity index (χ0) is 17.5. The van der Waals surface area contributed by atoms with Gasteiger partial charge < -0.3 is 19.9 Å². The number of rotatable bonds is 7. The van der Waals surface area contributed by atoms with Gasteiger partial charge >= 0.3 is 12.6 Å². The van der Waals surface area contributed by atoms with Crippen LogP contribution in [0, 0.1) is 5.92 Å². The number of halogens is 2. The van der Waals surface area contributed by atoms with Gasteiger partial charge in [-0.05, 0) is 30.5 Å². The number of ether oxygens (including phenoxy) is 2. The van der Waals surface area contributed by atoms with E-state index in [4.69, 9.17) is 4.74 Å². The van der Waals surface area contributed by atoms with E-state index >= 15 is 0 Å². The summed E-state index contributed by atoms with van der Waals surface area (Å²) in [6.07, 6.45) is 1.39. The number of nitrogens with one attached hydrogen (secondary N) is 1. The fourth-order valence-corrected chi connectivity index (χ4v) is 2.61. The Morgan fingerprint density at radius 2 is 2.04 bits per heavy atom. The minimum atomic E-state index is -2.91. The van der Waals surface area contributed by atoms with Crippen molar-refractivity contribution in [1.82, 2.24) is 5.32 Å². The van der Waals surface area contributed by atoms with Crippen LogP contribution in [0.15, 0.2) is 24.3 Å². The average Bonchev–Trinajstić information content (AvgIpc) is 2.54. The Labute approximate surface area is 137 Å². The van der Waals surface area contributed by atoms with Crippen LogP contribution in [-0.2, 0) is 20.7 Å². The monoisotopic (exact) mass is 343 g/mol. The predicted molar refractivity (Wildman–Crippen MR) is 79.9 cm³/mol. The number of amides is 1. The molecule has 24 heavy (non-hydrogen) atoms. The van der Waals surface area contributed by atoms with Crippen molar-refractivity contribution in [2.45, 2.75) is 31.9 Å². The zero-order valence-corrected chi connectivity index (χ0v) is 12.9. The lowest BCUT2D eigenvalue weighted by atomic mass is 9.93. The third kappa shape index (κ3) is 5.45. The molecular weight excluding hydrogens is 324 g/mol. The summed E-state index contributed by atoms with van der Waals surface area (Å²) in [6.45, 7) is -2.01. The molecule has 1 saturated heterocycles. The van der Waals surface area contributed by atoms with Crippen LogP contribution in [0.4, 0.5) is 8.78 Å². The molecule has 1 aromatic carbocycles. The molecule has 0 saturated carbocycles. The highest BCUT2D eigenvalue weighted by molar-refractivity contribution is 5.85. The molecule has 1 aromatic rings. The van der Waals surface area contributed by atoms with Gasteiger partial charge in [0.05, 0.1) is 13.0 Å². The van der Waals surface area contributed by atoms with Crippen LogP contribution in [0.2, 0.25) is 0 Å². The van der Waals surface area contributed by atoms with Crippen molar-refractivity contribution in [3.05, 3.63) is 29.8 Å². The van der Waals surface area contributed by atoms with Crippen LogP contribution in [0.25, 0.3) is 0 Å². The second kappa shape index (κ2) is 8.58. The number of benzene rings is 1. The highest BCUT2D eigenvalue weighted by Crippen LogP contribution is 2.19. The number of carboxylic acid groups (broad SMARTS) is 1. The van der Waals surface area contributed by atoms with Crippen molar-refractivity contribution in [2.24, 2.45) is 5.92 Å². The van der Waals surface area contributed by atoms with E-state index in [2.05, 4.69) is 10.1 Å². The number of carbonyl (C=O) groups is 2. The maximum atomic E-state index is 12.1. The normalized spacial score (nSPS) is 18.9. The summed E-state index contributed by atoms with van der Waals surface area (Å²) in [6, 6.07) is 4.63. The summed E-state index contributed by atoms with van der Waals surface area (Å²) in [4.78, 5) is 23.4. The molecule has 0 spiro atoms. The molecule has 1 heterocycles. The van der Waals surface area contributed by atoms with Crippen LogP contribution >= 0.6 is 0 Å². The van der Waals surface area contributed by atoms with Gasteiger partial charge in [0.15, 0.2) is 0 Å². The van der Waals surface area contributed by atoms with Crippen molar-refractivity contribution < 1.29 is 33.0 Å². The van der Waals surface area contributed by atoms with Gasteiger partial charge in [-0.15, -0.1) is 0 Å². The highest BCUT2D eigenvalue weighted by atomic mass is 19.3. The van der Waals surface area contributed by atoms with E-state index in [0.29, 0.717) is 25.2 Å². The first kappa shape index (κ1) is 18.1. The van der Waals surface area contributed by atoms with Crippen LogP contribution < -0.4 is 10.1 Å². The molecule has 1 amide bonds. The van der Waals surface area contributed by atoms with Gasteiger partial charge in [-0.2, -0.15) is 8.78 Å². The third-order valence-electron chi connectivity index (χ3n) is 3.76. The smallest absolute Gasteiger partial charge is 0.387 e. The summed E-state index contributed by atoms with van der Waals surface area (Å²) in [7, 11) is 0. The summed E-state index contributed by atoms with van der Waals surface area (Å²) < 4.78 is 33.6. The SMILES string of the molecule is O=C(Cc1ccc(OC(F)F)cc1)NC(C(=O)O)C1CCCOC1. The molecule has 8 heteroatoms. The third-order valence-corrected chi connectivity index (χ3v) is 3.76. The maximum absolute atomic E-state index is 12.1. The summed E-state index contributed by atoms with van der Waals surface area (Å²) in [5.74, 6) is -1.81. The van der Waals surface area contributed by atoms with E-state index in [-0.39, 0.29) is 18.1 Å². The fraction of sp³-hybridized carbons (Fsp3) is 0.500. The Bertz CT molecular complexity index is 558. The number of carbonyl (C=O) groups excluding carboxylic acids is 1. The molecule has 0 aliphatic carbocycles. The average molecular weight is 343 g/mol. The van der Waals surface area contributed by atoms with Crippen molar-refractivity contribution >= 4 is 11.9 Å². The number of aliphatic carboxylic acids is 1. The van der Waals surface area contributed by atoms with Gasteiger partial charge in [-0.25, -0.2) is 4.79 Å². The minimum absolute atomic E-state index is 0.00285. The maximum Gasteiger partial charge on any atom is 0.387 e. The largest absolute Gasteiger partial charge is 0.480 e. The summed E-state index contributed by atoms with van der Waals surface area (Å²) >= 11 is 0. The molecule has 2 N–H and O–H groups in total. The number of hydrogen-bond donors (Lipinski definition) is 2. The lowest BCUT2D eigenvalue weighted by Crippen LogP contribution is -2.48. The molecular formula is C16H19F2NO5. The van der Waals surface area contributed by atoms with E-state index in [1.807, 2.05) is 0 Å². The van der Waals surface area contributed by atoms with E-state index < -0.39 is 24.5 Å². The summed E-state index contributed by atoms with van der Waals surface area (Å²) in [5, 5.41) is 11.8. The predicted octanol–water partition coefficient (Wildman–Crippen LogP) is 1.83. The first-order chi connectivity index (χ1) is 11.5. The summed E-state index contributed by atoms with van der Waals surface area (Å²) in [5.41, 5.74) is 0.568. The quantitative estimate of drug-likeness (QED) is 0.789. The first-order valence-electron chi connectivity index (χ1n) is 7.59. The first-order valence-corrected chi connectivity index (χ1v) is 7.59. The van der Waals surface area contributed by atoms with Crippen LogP contribution in [0.5, 0.6) is 5.75 Å². The topological polar surface area (TPSA) is 84.9 Å². The van der Waals surface area contributed by atoms with Crippen molar-refractivity contribution in [3.63, 3.8) is 0 Å². The van der Waals surface area contributed by atoms with Gasteiger partial charge in [0.2, 0.25) is 5.91 Å². The second-order valence-electron chi connectivity index (χ2n) is 5.56. The van der Waals surface area contributed by atoms with E-state index in [9.17, 15) is 23.5 Å². The zero-order valence-electron chi connectivity index (χ0n) is 12.9. The Morgan fingerprint density at radius 3 is 2.58 bits per heavy atom. The van der Waals surface area contributed by atoms with E-state index in [1.165, 1.54) is 24.3 Å². The molecule has 0 aromatic heterocycles. The van der Waals surface area contributed by atoms with Gasteiger partial charge in [-0.3, -0.25) is 4.79 Å². The molecule has 2 atom stereocenters. The van der Waals surface area contributed by atoms with Gasteiger partial charge in [0.25, 0.3) is 0 Å². The molecule has 132 valence electrons. The van der Waals surface area contributed by atoms with Crippen molar-refractivity contribution in [2.75, 3.05) is 13.2 Å². The number of hydrogen-bond acceptors (Lipinski definition) is 4. The second-order valence-corrected chi connectivity index (χ2v) is 5.56. The van der Waals surface area contributed by atoms with E-state index in [1.54, 1.807) is 0 Å². The van der Waals surface area contributed by atoms with Crippen molar-refractivity contribution in [3.8, 4) is 5.75 Å². The molecule has 2 rings (SSSR count). The Morgan fingerprint density at radius 1 is 1.33 bits per heavy atom. The van der Waals surface area contributed by atoms with Gasteiger partial charge in [0, 0.05) is 12.5 Å². The number of carboxylic acids is 1. The van der Waals surface area contributed by atoms with Crippen molar-refractivity contribution in [1.29, 1.82) is 0 Å². The van der Waals surface area contributed by atoms with E-state index in [0.717, 1.165) is 6.42 Å². The van der Waals surface area contributed by atoms with Gasteiger partial charge in [-0.1, -0.05) is 12.1 Å². The molecule has 0 radical (unpaired) electrons. The molecule has 6 nitrogen and oxygen atoms in total. The standard InChI is InChI=1S/C16H19F2NO5/c17-16(18)24-12-5-3-10(4-6-12)8-13(20)19-14(15(21)22)11-2-1-7-23-9-11/h3-6,11,14,16H,1-2,7-9H2,(H,19,20)(H,21,22).